The van der Waals surface area contributed by atoms with Crippen molar-refractivity contribution < 1.29 is 0 Å². The third-order valence-electron chi connectivity index (χ3n) is 4.54. The number of nitrogens with zero attached hydrogens (tertiary/aromatic N) is 2. The molecule has 0 radical (unpaired) electrons. The molecular weight excluding hydrogens is 186 g/mol. The van der Waals surface area contributed by atoms with Crippen LogP contribution in [0.2, 0.25) is 0 Å². The Labute approximate surface area is 93.6 Å². The van der Waals surface area contributed by atoms with Crippen LogP contribution in [0.1, 0.15) is 26.7 Å². The molecule has 1 saturated carbocycles. The Kier molecular flexibility index (Phi) is 3.33. The molecule has 1 aliphatic heterocycles. The smallest absolute Gasteiger partial charge is 0.0195 e. The van der Waals surface area contributed by atoms with E-state index in [9.17, 15) is 0 Å². The maximum Gasteiger partial charge on any atom is 0.0195 e. The fraction of sp³-hybridized carbons (Fsp3) is 1.00. The quantitative estimate of drug-likeness (QED) is 0.731. The molecule has 2 rings (SSSR count). The van der Waals surface area contributed by atoms with Gasteiger partial charge in [0.2, 0.25) is 0 Å². The molecular formula is C12H25N3. The van der Waals surface area contributed by atoms with Crippen molar-refractivity contribution in [3.63, 3.8) is 0 Å². The molecule has 0 aromatic rings. The second-order valence-electron chi connectivity index (χ2n) is 5.46. The lowest BCUT2D eigenvalue weighted by Crippen LogP contribution is -2.61. The highest BCUT2D eigenvalue weighted by Gasteiger charge is 2.38. The van der Waals surface area contributed by atoms with Crippen LogP contribution in [0.5, 0.6) is 0 Å². The van der Waals surface area contributed by atoms with Crippen molar-refractivity contribution in [3.05, 3.63) is 0 Å². The van der Waals surface area contributed by atoms with Gasteiger partial charge in [-0.2, -0.15) is 0 Å². The van der Waals surface area contributed by atoms with Crippen molar-refractivity contribution in [1.82, 2.24) is 9.80 Å². The van der Waals surface area contributed by atoms with E-state index in [0.29, 0.717) is 12.1 Å². The maximum atomic E-state index is 5.79. The van der Waals surface area contributed by atoms with Gasteiger partial charge in [-0.25, -0.2) is 0 Å². The molecule has 15 heavy (non-hydrogen) atoms. The van der Waals surface area contributed by atoms with Crippen molar-refractivity contribution >= 4 is 0 Å². The molecule has 3 nitrogen and oxygen atoms in total. The third-order valence-corrected chi connectivity index (χ3v) is 4.54. The van der Waals surface area contributed by atoms with Gasteiger partial charge in [0.15, 0.2) is 0 Å². The standard InChI is InChI=1S/C12H25N3/c1-9-7-15(8-10(2)14(9)3)12-5-4-11(12)6-13/h9-12H,4-8,13H2,1-3H3. The molecule has 2 N–H and O–H groups in total. The lowest BCUT2D eigenvalue weighted by molar-refractivity contribution is -0.0148. The first-order chi connectivity index (χ1) is 7.13. The van der Waals surface area contributed by atoms with E-state index in [0.717, 1.165) is 18.5 Å². The molecule has 0 amide bonds. The van der Waals surface area contributed by atoms with Gasteiger partial charge in [0.1, 0.15) is 0 Å². The molecule has 1 aliphatic carbocycles. The summed E-state index contributed by atoms with van der Waals surface area (Å²) in [6.45, 7) is 7.99. The van der Waals surface area contributed by atoms with E-state index in [-0.39, 0.29) is 0 Å². The molecule has 0 spiro atoms. The average molecular weight is 211 g/mol. The summed E-state index contributed by atoms with van der Waals surface area (Å²) in [6, 6.07) is 2.16. The molecule has 0 aromatic carbocycles. The van der Waals surface area contributed by atoms with E-state index in [1.54, 1.807) is 0 Å². The van der Waals surface area contributed by atoms with Crippen LogP contribution in [0.4, 0.5) is 0 Å². The molecule has 4 unspecified atom stereocenters. The van der Waals surface area contributed by atoms with E-state index >= 15 is 0 Å². The number of rotatable bonds is 2. The summed E-state index contributed by atoms with van der Waals surface area (Å²) in [6.07, 6.45) is 2.71. The highest BCUT2D eigenvalue weighted by Crippen LogP contribution is 2.33. The third kappa shape index (κ3) is 2.05. The van der Waals surface area contributed by atoms with E-state index in [1.807, 2.05) is 0 Å². The highest BCUT2D eigenvalue weighted by atomic mass is 15.3. The fourth-order valence-electron chi connectivity index (χ4n) is 3.02. The first kappa shape index (κ1) is 11.4. The Morgan fingerprint density at radius 2 is 1.73 bits per heavy atom. The average Bonchev–Trinajstić information content (AvgIpc) is 2.13. The maximum absolute atomic E-state index is 5.79. The number of likely N-dealkylation sites (N-methyl/N-ethyl adjacent to an activating group) is 1. The van der Waals surface area contributed by atoms with Crippen LogP contribution in [-0.4, -0.2) is 54.6 Å². The monoisotopic (exact) mass is 211 g/mol. The summed E-state index contributed by atoms with van der Waals surface area (Å²) in [7, 11) is 2.24. The molecule has 0 aromatic heterocycles. The topological polar surface area (TPSA) is 32.5 Å². The normalized spacial score (nSPS) is 44.0. The molecule has 3 heteroatoms. The van der Waals surface area contributed by atoms with Gasteiger partial charge in [-0.05, 0) is 46.2 Å². The molecule has 4 atom stereocenters. The van der Waals surface area contributed by atoms with Crippen LogP contribution in [0.15, 0.2) is 0 Å². The summed E-state index contributed by atoms with van der Waals surface area (Å²) in [5.74, 6) is 0.771. The molecule has 0 bridgehead atoms. The second-order valence-corrected chi connectivity index (χ2v) is 5.46. The summed E-state index contributed by atoms with van der Waals surface area (Å²) < 4.78 is 0. The van der Waals surface area contributed by atoms with E-state index in [2.05, 4.69) is 30.7 Å². The van der Waals surface area contributed by atoms with Gasteiger partial charge < -0.3 is 5.73 Å². The SMILES string of the molecule is CC1CN(C2CCC2CN)CC(C)N1C. The minimum atomic E-state index is 0.688. The largest absolute Gasteiger partial charge is 0.330 e. The fourth-order valence-corrected chi connectivity index (χ4v) is 3.02. The van der Waals surface area contributed by atoms with Gasteiger partial charge in [-0.3, -0.25) is 9.80 Å². The summed E-state index contributed by atoms with van der Waals surface area (Å²) >= 11 is 0. The Morgan fingerprint density at radius 1 is 1.13 bits per heavy atom. The zero-order chi connectivity index (χ0) is 11.0. The Hall–Kier alpha value is -0.120. The van der Waals surface area contributed by atoms with Gasteiger partial charge in [0.25, 0.3) is 0 Å². The summed E-state index contributed by atoms with van der Waals surface area (Å²) in [5.41, 5.74) is 5.79. The van der Waals surface area contributed by atoms with E-state index < -0.39 is 0 Å². The van der Waals surface area contributed by atoms with Crippen LogP contribution >= 0.6 is 0 Å². The van der Waals surface area contributed by atoms with Gasteiger partial charge in [-0.15, -0.1) is 0 Å². The second kappa shape index (κ2) is 4.40. The Bertz CT molecular complexity index is 205. The molecule has 2 fully saturated rings. The van der Waals surface area contributed by atoms with Gasteiger partial charge >= 0.3 is 0 Å². The van der Waals surface area contributed by atoms with Crippen molar-refractivity contribution in [1.29, 1.82) is 0 Å². The van der Waals surface area contributed by atoms with Crippen LogP contribution < -0.4 is 5.73 Å². The van der Waals surface area contributed by atoms with Gasteiger partial charge in [0, 0.05) is 31.2 Å². The van der Waals surface area contributed by atoms with Crippen LogP contribution in [-0.2, 0) is 0 Å². The van der Waals surface area contributed by atoms with E-state index in [4.69, 9.17) is 5.73 Å². The number of piperazine rings is 1. The molecule has 1 heterocycles. The number of nitrogens with two attached hydrogens (primary N) is 1. The van der Waals surface area contributed by atoms with Crippen molar-refractivity contribution in [2.24, 2.45) is 11.7 Å². The van der Waals surface area contributed by atoms with Gasteiger partial charge in [0.05, 0.1) is 0 Å². The lowest BCUT2D eigenvalue weighted by atomic mass is 9.78. The first-order valence-corrected chi connectivity index (χ1v) is 6.29. The lowest BCUT2D eigenvalue weighted by Gasteiger charge is -2.51. The zero-order valence-corrected chi connectivity index (χ0v) is 10.3. The minimum absolute atomic E-state index is 0.688. The zero-order valence-electron chi connectivity index (χ0n) is 10.3. The van der Waals surface area contributed by atoms with Crippen LogP contribution in [0.3, 0.4) is 0 Å². The first-order valence-electron chi connectivity index (χ1n) is 6.29. The number of hydrogen-bond acceptors (Lipinski definition) is 3. The van der Waals surface area contributed by atoms with Crippen molar-refractivity contribution in [3.8, 4) is 0 Å². The predicted molar refractivity (Wildman–Crippen MR) is 63.8 cm³/mol. The number of hydrogen-bond donors (Lipinski definition) is 1. The van der Waals surface area contributed by atoms with Crippen LogP contribution in [0, 0.1) is 5.92 Å². The minimum Gasteiger partial charge on any atom is -0.330 e. The van der Waals surface area contributed by atoms with Crippen molar-refractivity contribution in [2.75, 3.05) is 26.7 Å². The Balaban J connectivity index is 1.94. The van der Waals surface area contributed by atoms with E-state index in [1.165, 1.54) is 25.9 Å². The Morgan fingerprint density at radius 3 is 2.13 bits per heavy atom. The molecule has 2 aliphatic rings. The summed E-state index contributed by atoms with van der Waals surface area (Å²) in [4.78, 5) is 5.17. The molecule has 88 valence electrons. The van der Waals surface area contributed by atoms with Crippen molar-refractivity contribution in [2.45, 2.75) is 44.8 Å². The molecule has 1 saturated heterocycles. The van der Waals surface area contributed by atoms with Crippen LogP contribution in [0.25, 0.3) is 0 Å². The van der Waals surface area contributed by atoms with Gasteiger partial charge in [-0.1, -0.05) is 0 Å². The highest BCUT2D eigenvalue weighted by molar-refractivity contribution is 4.94. The predicted octanol–water partition coefficient (Wildman–Crippen LogP) is 0.748. The summed E-state index contributed by atoms with van der Waals surface area (Å²) in [5, 5.41) is 0.